The maximum Gasteiger partial charge on any atom is 0.193 e. The van der Waals surface area contributed by atoms with Gasteiger partial charge in [0.2, 0.25) is 0 Å². The summed E-state index contributed by atoms with van der Waals surface area (Å²) in [6.07, 6.45) is 0.479. The summed E-state index contributed by atoms with van der Waals surface area (Å²) in [5, 5.41) is 3.19. The molecule has 6 heteroatoms. The third-order valence-electron chi connectivity index (χ3n) is 4.49. The number of nitrogens with zero attached hydrogens (tertiary/aromatic N) is 2. The fourth-order valence-corrected chi connectivity index (χ4v) is 3.15. The Morgan fingerprint density at radius 2 is 1.96 bits per heavy atom. The van der Waals surface area contributed by atoms with Gasteiger partial charge in [-0.2, -0.15) is 0 Å². The van der Waals surface area contributed by atoms with E-state index >= 15 is 0 Å². The van der Waals surface area contributed by atoms with Crippen LogP contribution in [0.25, 0.3) is 0 Å². The van der Waals surface area contributed by atoms with Crippen molar-refractivity contribution >= 4 is 11.6 Å². The normalized spacial score (nSPS) is 22.8. The number of methoxy groups -OCH3 is 1. The van der Waals surface area contributed by atoms with Crippen molar-refractivity contribution in [3.63, 3.8) is 0 Å². The predicted octanol–water partition coefficient (Wildman–Crippen LogP) is 2.45. The van der Waals surface area contributed by atoms with Gasteiger partial charge in [0.05, 0.1) is 25.4 Å². The largest absolute Gasteiger partial charge is 0.380 e. The van der Waals surface area contributed by atoms with E-state index < -0.39 is 0 Å². The van der Waals surface area contributed by atoms with Crippen LogP contribution in [0.2, 0.25) is 0 Å². The van der Waals surface area contributed by atoms with Gasteiger partial charge in [0.1, 0.15) is 0 Å². The smallest absolute Gasteiger partial charge is 0.193 e. The van der Waals surface area contributed by atoms with E-state index in [0.717, 1.165) is 24.3 Å². The monoisotopic (exact) mass is 348 g/mol. The molecule has 1 fully saturated rings. The van der Waals surface area contributed by atoms with Gasteiger partial charge in [-0.15, -0.1) is 0 Å². The molecule has 0 aliphatic carbocycles. The molecule has 0 aromatic heterocycles. The van der Waals surface area contributed by atoms with Crippen LogP contribution in [-0.2, 0) is 16.1 Å². The van der Waals surface area contributed by atoms with Gasteiger partial charge in [0.25, 0.3) is 0 Å². The Morgan fingerprint density at radius 3 is 2.60 bits per heavy atom. The van der Waals surface area contributed by atoms with Crippen molar-refractivity contribution in [2.24, 2.45) is 10.7 Å². The molecular formula is C19H32N4O2. The number of rotatable bonds is 6. The lowest BCUT2D eigenvalue weighted by Crippen LogP contribution is -2.56. The number of nitrogens with two attached hydrogens (primary N) is 1. The highest BCUT2D eigenvalue weighted by Gasteiger charge is 2.33. The zero-order valence-corrected chi connectivity index (χ0v) is 16.1. The van der Waals surface area contributed by atoms with Crippen LogP contribution in [0.15, 0.2) is 29.3 Å². The van der Waals surface area contributed by atoms with Gasteiger partial charge in [-0.05, 0) is 33.8 Å². The minimum atomic E-state index is -0.0787. The molecule has 25 heavy (non-hydrogen) atoms. The molecule has 2 unspecified atom stereocenters. The highest BCUT2D eigenvalue weighted by atomic mass is 16.5. The number of anilines is 1. The first-order valence-corrected chi connectivity index (χ1v) is 8.86. The number of aliphatic imine (C=N–C) groups is 1. The van der Waals surface area contributed by atoms with Crippen molar-refractivity contribution in [1.82, 2.24) is 4.90 Å². The third-order valence-corrected chi connectivity index (χ3v) is 4.49. The van der Waals surface area contributed by atoms with Crippen LogP contribution in [0, 0.1) is 0 Å². The molecule has 1 heterocycles. The summed E-state index contributed by atoms with van der Waals surface area (Å²) in [6.45, 7) is 11.6. The van der Waals surface area contributed by atoms with Crippen molar-refractivity contribution in [3.8, 4) is 0 Å². The molecular weight excluding hydrogens is 316 g/mol. The maximum atomic E-state index is 6.12. The van der Waals surface area contributed by atoms with Crippen molar-refractivity contribution in [2.75, 3.05) is 32.1 Å². The van der Waals surface area contributed by atoms with Crippen LogP contribution in [0.5, 0.6) is 0 Å². The predicted molar refractivity (Wildman–Crippen MR) is 103 cm³/mol. The first-order chi connectivity index (χ1) is 11.8. The third kappa shape index (κ3) is 5.70. The van der Waals surface area contributed by atoms with Gasteiger partial charge in [-0.1, -0.05) is 18.2 Å². The molecule has 1 aromatic carbocycles. The van der Waals surface area contributed by atoms with E-state index in [1.54, 1.807) is 7.11 Å². The number of ether oxygens (including phenoxy) is 2. The average Bonchev–Trinajstić information content (AvgIpc) is 2.54. The number of benzene rings is 1. The zero-order valence-electron chi connectivity index (χ0n) is 16.1. The van der Waals surface area contributed by atoms with E-state index in [2.05, 4.69) is 42.9 Å². The molecule has 6 nitrogen and oxygen atoms in total. The summed E-state index contributed by atoms with van der Waals surface area (Å²) in [5.41, 5.74) is 8.02. The second-order valence-corrected chi connectivity index (χ2v) is 7.39. The molecule has 0 radical (unpaired) electrons. The number of hydrogen-bond donors (Lipinski definition) is 2. The van der Waals surface area contributed by atoms with Crippen LogP contribution in [-0.4, -0.2) is 55.4 Å². The molecule has 3 N–H and O–H groups in total. The molecule has 2 atom stereocenters. The Hall–Kier alpha value is -1.63. The van der Waals surface area contributed by atoms with Crippen LogP contribution in [0.3, 0.4) is 0 Å². The molecule has 0 bridgehead atoms. The quantitative estimate of drug-likeness (QED) is 0.610. The summed E-state index contributed by atoms with van der Waals surface area (Å²) < 4.78 is 11.1. The number of guanidine groups is 1. The molecule has 1 aliphatic rings. The van der Waals surface area contributed by atoms with E-state index in [1.807, 2.05) is 24.3 Å². The number of hydrogen-bond acceptors (Lipinski definition) is 4. The first-order valence-electron chi connectivity index (χ1n) is 8.86. The average molecular weight is 348 g/mol. The second-order valence-electron chi connectivity index (χ2n) is 7.39. The summed E-state index contributed by atoms with van der Waals surface area (Å²) in [7, 11) is 1.68. The van der Waals surface area contributed by atoms with Crippen molar-refractivity contribution in [1.29, 1.82) is 0 Å². The standard InChI is InChI=1S/C19H32N4O2/c1-14-10-23(11-15(2)25-14)19(3,4)13-21-18(20)22-17-9-7-6-8-16(17)12-24-5/h6-9,14-15H,10-13H2,1-5H3,(H3,20,21,22). The maximum absolute atomic E-state index is 6.12. The molecule has 1 aliphatic heterocycles. The summed E-state index contributed by atoms with van der Waals surface area (Å²) in [4.78, 5) is 7.01. The Kier molecular flexibility index (Phi) is 6.81. The first kappa shape index (κ1) is 19.7. The van der Waals surface area contributed by atoms with Gasteiger partial charge in [0, 0.05) is 37.0 Å². The topological polar surface area (TPSA) is 72.1 Å². The lowest BCUT2D eigenvalue weighted by Gasteiger charge is -2.44. The molecule has 0 amide bonds. The van der Waals surface area contributed by atoms with Crippen LogP contribution in [0.4, 0.5) is 5.69 Å². The highest BCUT2D eigenvalue weighted by molar-refractivity contribution is 5.93. The Labute approximate surface area is 151 Å². The van der Waals surface area contributed by atoms with E-state index in [1.165, 1.54) is 0 Å². The number of nitrogens with one attached hydrogen (secondary N) is 1. The molecule has 140 valence electrons. The Morgan fingerprint density at radius 1 is 1.32 bits per heavy atom. The van der Waals surface area contributed by atoms with Crippen LogP contribution in [0.1, 0.15) is 33.3 Å². The molecule has 1 aromatic rings. The van der Waals surface area contributed by atoms with Crippen molar-refractivity contribution < 1.29 is 9.47 Å². The summed E-state index contributed by atoms with van der Waals surface area (Å²) in [5.74, 6) is 0.422. The lowest BCUT2D eigenvalue weighted by molar-refractivity contribution is -0.0939. The molecule has 1 saturated heterocycles. The van der Waals surface area contributed by atoms with Crippen LogP contribution >= 0.6 is 0 Å². The minimum absolute atomic E-state index is 0.0787. The SMILES string of the molecule is COCc1ccccc1NC(N)=NCC(C)(C)N1CC(C)OC(C)C1. The van der Waals surface area contributed by atoms with E-state index in [9.17, 15) is 0 Å². The number of para-hydroxylation sites is 1. The second kappa shape index (κ2) is 8.65. The fourth-order valence-electron chi connectivity index (χ4n) is 3.15. The van der Waals surface area contributed by atoms with E-state index in [-0.39, 0.29) is 17.7 Å². The van der Waals surface area contributed by atoms with Gasteiger partial charge in [-0.3, -0.25) is 9.89 Å². The Balaban J connectivity index is 2.00. The van der Waals surface area contributed by atoms with Gasteiger partial charge >= 0.3 is 0 Å². The van der Waals surface area contributed by atoms with Gasteiger partial charge in [-0.25, -0.2) is 0 Å². The Bertz CT molecular complexity index is 579. The van der Waals surface area contributed by atoms with E-state index in [0.29, 0.717) is 19.1 Å². The number of morpholine rings is 1. The van der Waals surface area contributed by atoms with Crippen molar-refractivity contribution in [3.05, 3.63) is 29.8 Å². The molecule has 0 saturated carbocycles. The molecule has 0 spiro atoms. The zero-order chi connectivity index (χ0) is 18.4. The van der Waals surface area contributed by atoms with Gasteiger partial charge < -0.3 is 20.5 Å². The summed E-state index contributed by atoms with van der Waals surface area (Å²) in [6, 6.07) is 7.94. The fraction of sp³-hybridized carbons (Fsp3) is 0.632. The van der Waals surface area contributed by atoms with Crippen molar-refractivity contribution in [2.45, 2.75) is 52.0 Å². The lowest BCUT2D eigenvalue weighted by atomic mass is 10.0. The van der Waals surface area contributed by atoms with Crippen LogP contribution < -0.4 is 11.1 Å². The van der Waals surface area contributed by atoms with Gasteiger partial charge in [0.15, 0.2) is 5.96 Å². The summed E-state index contributed by atoms with van der Waals surface area (Å²) >= 11 is 0. The van der Waals surface area contributed by atoms with E-state index in [4.69, 9.17) is 15.2 Å². The highest BCUT2D eigenvalue weighted by Crippen LogP contribution is 2.22. The molecule has 2 rings (SSSR count). The minimum Gasteiger partial charge on any atom is -0.380 e.